The number of nitrogens with zero attached hydrogens (tertiary/aromatic N) is 1. The van der Waals surface area contributed by atoms with E-state index in [9.17, 15) is 29.9 Å². The molecule has 0 fully saturated rings. The van der Waals surface area contributed by atoms with Crippen molar-refractivity contribution in [3.05, 3.63) is 75.8 Å². The first-order chi connectivity index (χ1) is 11.9. The Balaban J connectivity index is 2.15. The summed E-state index contributed by atoms with van der Waals surface area (Å²) in [6, 6.07) is 12.3. The number of carbonyl (C=O) groups is 2. The molecule has 25 heavy (non-hydrogen) atoms. The van der Waals surface area contributed by atoms with Crippen LogP contribution in [-0.4, -0.2) is 33.1 Å². The number of carbonyl (C=O) groups excluding carboxylic acids is 1. The number of benzene rings is 2. The highest BCUT2D eigenvalue weighted by molar-refractivity contribution is 5.87. The lowest BCUT2D eigenvalue weighted by atomic mass is 10.0. The smallest absolute Gasteiger partial charge is 0.326 e. The fraction of sp³-hybridized carbons (Fsp3) is 0.176. The third-order valence-corrected chi connectivity index (χ3v) is 3.59. The van der Waals surface area contributed by atoms with Crippen LogP contribution in [0.15, 0.2) is 54.6 Å². The third kappa shape index (κ3) is 4.61. The monoisotopic (exact) mass is 344 g/mol. The highest BCUT2D eigenvalue weighted by Gasteiger charge is 2.27. The summed E-state index contributed by atoms with van der Waals surface area (Å²) >= 11 is 0. The van der Waals surface area contributed by atoms with Crippen molar-refractivity contribution in [1.29, 1.82) is 0 Å². The molecule has 0 aromatic heterocycles. The van der Waals surface area contributed by atoms with Crippen LogP contribution in [0.1, 0.15) is 17.2 Å². The molecule has 2 atom stereocenters. The summed E-state index contributed by atoms with van der Waals surface area (Å²) in [6.45, 7) is 0. The number of hydrogen-bond acceptors (Lipinski definition) is 5. The van der Waals surface area contributed by atoms with E-state index in [2.05, 4.69) is 5.32 Å². The van der Waals surface area contributed by atoms with E-state index in [4.69, 9.17) is 0 Å². The number of amides is 1. The van der Waals surface area contributed by atoms with Gasteiger partial charge in [0.05, 0.1) is 4.92 Å². The summed E-state index contributed by atoms with van der Waals surface area (Å²) in [5.74, 6) is -2.25. The van der Waals surface area contributed by atoms with Gasteiger partial charge in [0.25, 0.3) is 11.6 Å². The fourth-order valence-electron chi connectivity index (χ4n) is 2.32. The van der Waals surface area contributed by atoms with Gasteiger partial charge in [-0.25, -0.2) is 4.79 Å². The Labute approximate surface area is 142 Å². The van der Waals surface area contributed by atoms with Gasteiger partial charge in [-0.05, 0) is 5.56 Å². The minimum absolute atomic E-state index is 0.175. The largest absolute Gasteiger partial charge is 0.480 e. The summed E-state index contributed by atoms with van der Waals surface area (Å²) in [5.41, 5.74) is 0.260. The summed E-state index contributed by atoms with van der Waals surface area (Å²) in [5, 5.41) is 32.6. The van der Waals surface area contributed by atoms with Crippen LogP contribution in [0.2, 0.25) is 0 Å². The minimum atomic E-state index is -1.53. The number of aliphatic carboxylic acids is 1. The molecule has 8 heteroatoms. The molecular weight excluding hydrogens is 328 g/mol. The Morgan fingerprint density at radius 1 is 1.08 bits per heavy atom. The van der Waals surface area contributed by atoms with Gasteiger partial charge in [0.15, 0.2) is 6.10 Å². The fourth-order valence-corrected chi connectivity index (χ4v) is 2.32. The summed E-state index contributed by atoms with van der Waals surface area (Å²) in [6.07, 6.45) is -1.81. The standard InChI is InChI=1S/C17H16N2O6/c20-15(11-6-2-1-3-7-11)16(21)18-13(17(22)23)10-12-8-4-5-9-14(12)19(24)25/h1-9,13,15,20H,10H2,(H,18,21)(H,22,23)/t13-,15+/m1/s1. The van der Waals surface area contributed by atoms with E-state index in [0.717, 1.165) is 0 Å². The van der Waals surface area contributed by atoms with Gasteiger partial charge in [0.2, 0.25) is 0 Å². The minimum Gasteiger partial charge on any atom is -0.480 e. The molecule has 8 nitrogen and oxygen atoms in total. The molecule has 0 aliphatic carbocycles. The number of hydrogen-bond donors (Lipinski definition) is 3. The summed E-state index contributed by atoms with van der Waals surface area (Å²) in [7, 11) is 0. The first-order valence-electron chi connectivity index (χ1n) is 7.38. The first kappa shape index (κ1) is 18.1. The zero-order valence-electron chi connectivity index (χ0n) is 13.0. The van der Waals surface area contributed by atoms with Crippen molar-refractivity contribution in [2.75, 3.05) is 0 Å². The van der Waals surface area contributed by atoms with Crippen LogP contribution < -0.4 is 5.32 Å². The van der Waals surface area contributed by atoms with Crippen molar-refractivity contribution in [3.8, 4) is 0 Å². The van der Waals surface area contributed by atoms with E-state index < -0.39 is 28.9 Å². The van der Waals surface area contributed by atoms with Crippen LogP contribution in [0.25, 0.3) is 0 Å². The number of nitrogens with one attached hydrogen (secondary N) is 1. The second kappa shape index (κ2) is 8.02. The zero-order valence-corrected chi connectivity index (χ0v) is 13.0. The molecule has 130 valence electrons. The van der Waals surface area contributed by atoms with Crippen molar-refractivity contribution >= 4 is 17.6 Å². The number of carboxylic acid groups (broad SMARTS) is 1. The number of para-hydroxylation sites is 1. The van der Waals surface area contributed by atoms with Crippen LogP contribution in [0.3, 0.4) is 0 Å². The number of nitro benzene ring substituents is 1. The van der Waals surface area contributed by atoms with Crippen LogP contribution >= 0.6 is 0 Å². The van der Waals surface area contributed by atoms with Crippen molar-refractivity contribution in [2.45, 2.75) is 18.6 Å². The third-order valence-electron chi connectivity index (χ3n) is 3.59. The molecule has 0 radical (unpaired) electrons. The molecule has 3 N–H and O–H groups in total. The normalized spacial score (nSPS) is 12.8. The lowest BCUT2D eigenvalue weighted by Gasteiger charge is -2.17. The molecule has 0 spiro atoms. The highest BCUT2D eigenvalue weighted by atomic mass is 16.6. The Morgan fingerprint density at radius 2 is 1.68 bits per heavy atom. The second-order valence-electron chi connectivity index (χ2n) is 5.30. The van der Waals surface area contributed by atoms with Crippen LogP contribution in [0.5, 0.6) is 0 Å². The molecule has 0 aliphatic heterocycles. The van der Waals surface area contributed by atoms with E-state index in [0.29, 0.717) is 5.56 Å². The molecule has 0 bridgehead atoms. The van der Waals surface area contributed by atoms with Crippen molar-refractivity contribution in [1.82, 2.24) is 5.32 Å². The maximum Gasteiger partial charge on any atom is 0.326 e. The predicted octanol–water partition coefficient (Wildman–Crippen LogP) is 1.44. The van der Waals surface area contributed by atoms with Crippen LogP contribution in [0.4, 0.5) is 5.69 Å². The average Bonchev–Trinajstić information content (AvgIpc) is 2.61. The molecular formula is C17H16N2O6. The van der Waals surface area contributed by atoms with Crippen molar-refractivity contribution < 1.29 is 24.7 Å². The van der Waals surface area contributed by atoms with Crippen molar-refractivity contribution in [2.24, 2.45) is 0 Å². The number of carboxylic acids is 1. The Kier molecular flexibility index (Phi) is 5.80. The van der Waals surface area contributed by atoms with Crippen LogP contribution in [-0.2, 0) is 16.0 Å². The molecule has 2 aromatic rings. The van der Waals surface area contributed by atoms with Gasteiger partial charge in [0.1, 0.15) is 6.04 Å². The Morgan fingerprint density at radius 3 is 2.28 bits per heavy atom. The van der Waals surface area contributed by atoms with Crippen molar-refractivity contribution in [3.63, 3.8) is 0 Å². The van der Waals surface area contributed by atoms with E-state index in [1.54, 1.807) is 24.3 Å². The quantitative estimate of drug-likeness (QED) is 0.515. The van der Waals surface area contributed by atoms with Gasteiger partial charge in [-0.2, -0.15) is 0 Å². The van der Waals surface area contributed by atoms with Gasteiger partial charge in [-0.1, -0.05) is 48.5 Å². The summed E-state index contributed by atoms with van der Waals surface area (Å²) in [4.78, 5) is 33.9. The maximum atomic E-state index is 12.1. The summed E-state index contributed by atoms with van der Waals surface area (Å²) < 4.78 is 0. The molecule has 0 saturated carbocycles. The van der Waals surface area contributed by atoms with Gasteiger partial charge in [-0.15, -0.1) is 0 Å². The SMILES string of the molecule is O=C(N[C@H](Cc1ccccc1[N+](=O)[O-])C(=O)O)[C@@H](O)c1ccccc1. The van der Waals surface area contributed by atoms with E-state index in [-0.39, 0.29) is 17.7 Å². The molecule has 1 amide bonds. The van der Waals surface area contributed by atoms with E-state index >= 15 is 0 Å². The Hall–Kier alpha value is -3.26. The lowest BCUT2D eigenvalue weighted by molar-refractivity contribution is -0.385. The first-order valence-corrected chi connectivity index (χ1v) is 7.38. The second-order valence-corrected chi connectivity index (χ2v) is 5.30. The maximum absolute atomic E-state index is 12.1. The number of nitro groups is 1. The number of rotatable bonds is 7. The average molecular weight is 344 g/mol. The van der Waals surface area contributed by atoms with Gasteiger partial charge >= 0.3 is 5.97 Å². The van der Waals surface area contributed by atoms with E-state index in [1.165, 1.54) is 30.3 Å². The Bertz CT molecular complexity index is 778. The molecule has 2 rings (SSSR count). The molecule has 0 unspecified atom stereocenters. The topological polar surface area (TPSA) is 130 Å². The van der Waals surface area contributed by atoms with Gasteiger partial charge in [-0.3, -0.25) is 14.9 Å². The molecule has 2 aromatic carbocycles. The molecule has 0 aliphatic rings. The van der Waals surface area contributed by atoms with Gasteiger partial charge in [0, 0.05) is 18.1 Å². The molecule has 0 heterocycles. The number of aliphatic hydroxyl groups is 1. The van der Waals surface area contributed by atoms with E-state index in [1.807, 2.05) is 0 Å². The predicted molar refractivity (Wildman–Crippen MR) is 87.8 cm³/mol. The van der Waals surface area contributed by atoms with Crippen LogP contribution in [0, 0.1) is 10.1 Å². The lowest BCUT2D eigenvalue weighted by Crippen LogP contribution is -2.44. The molecule has 0 saturated heterocycles. The zero-order chi connectivity index (χ0) is 18.4. The highest BCUT2D eigenvalue weighted by Crippen LogP contribution is 2.20. The number of aliphatic hydroxyl groups excluding tert-OH is 1. The van der Waals surface area contributed by atoms with Gasteiger partial charge < -0.3 is 15.5 Å².